The van der Waals surface area contributed by atoms with Gasteiger partial charge in [0.05, 0.1) is 0 Å². The lowest BCUT2D eigenvalue weighted by Crippen LogP contribution is -1.91. The molecule has 0 aliphatic carbocycles. The summed E-state index contributed by atoms with van der Waals surface area (Å²) in [4.78, 5) is 10.4. The summed E-state index contributed by atoms with van der Waals surface area (Å²) in [7, 11) is 0. The highest BCUT2D eigenvalue weighted by Gasteiger charge is 1.96. The molecular weight excluding hydrogens is 196 g/mol. The summed E-state index contributed by atoms with van der Waals surface area (Å²) in [5, 5.41) is 0. The van der Waals surface area contributed by atoms with Crippen molar-refractivity contribution in [2.24, 2.45) is 0 Å². The molecule has 0 N–H and O–H groups in total. The van der Waals surface area contributed by atoms with Gasteiger partial charge in [0.15, 0.2) is 0 Å². The second kappa shape index (κ2) is 5.26. The van der Waals surface area contributed by atoms with Gasteiger partial charge in [-0.15, -0.1) is 0 Å². The molecule has 0 aliphatic heterocycles. The van der Waals surface area contributed by atoms with Crippen molar-refractivity contribution >= 4 is 6.29 Å². The second-order valence-electron chi connectivity index (χ2n) is 3.78. The van der Waals surface area contributed by atoms with Crippen molar-refractivity contribution in [1.29, 1.82) is 0 Å². The predicted molar refractivity (Wildman–Crippen MR) is 65.1 cm³/mol. The first kappa shape index (κ1) is 10.6. The normalized spacial score (nSPS) is 10.0. The zero-order valence-corrected chi connectivity index (χ0v) is 9.02. The maximum Gasteiger partial charge on any atom is 0.233 e. The van der Waals surface area contributed by atoms with E-state index in [-0.39, 0.29) is 0 Å². The van der Waals surface area contributed by atoms with Crippen LogP contribution in [-0.4, -0.2) is 6.29 Å². The van der Waals surface area contributed by atoms with Gasteiger partial charge < -0.3 is 0 Å². The van der Waals surface area contributed by atoms with Crippen LogP contribution >= 0.6 is 0 Å². The molecule has 79 valence electrons. The Kier molecular flexibility index (Phi) is 3.50. The molecule has 1 nitrogen and oxygen atoms in total. The molecule has 1 heteroatoms. The van der Waals surface area contributed by atoms with Crippen molar-refractivity contribution in [2.45, 2.75) is 12.8 Å². The van der Waals surface area contributed by atoms with Crippen LogP contribution in [0.15, 0.2) is 54.6 Å². The van der Waals surface area contributed by atoms with Crippen LogP contribution in [0, 0.1) is 0 Å². The molecule has 0 spiro atoms. The number of rotatable bonds is 4. The maximum absolute atomic E-state index is 10.4. The zero-order valence-electron chi connectivity index (χ0n) is 9.02. The first-order chi connectivity index (χ1) is 7.88. The van der Waals surface area contributed by atoms with Gasteiger partial charge in [-0.05, 0) is 24.0 Å². The van der Waals surface area contributed by atoms with E-state index in [1.165, 1.54) is 11.1 Å². The maximum atomic E-state index is 10.4. The summed E-state index contributed by atoms with van der Waals surface area (Å²) in [5.74, 6) is 0. The minimum Gasteiger partial charge on any atom is -0.285 e. The van der Waals surface area contributed by atoms with Crippen molar-refractivity contribution in [3.05, 3.63) is 71.3 Å². The van der Waals surface area contributed by atoms with Crippen LogP contribution in [0.2, 0.25) is 0 Å². The fraction of sp³-hybridized carbons (Fsp3) is 0.133. The van der Waals surface area contributed by atoms with Crippen LogP contribution in [0.3, 0.4) is 0 Å². The average molecular weight is 209 g/mol. The van der Waals surface area contributed by atoms with Gasteiger partial charge in [-0.2, -0.15) is 0 Å². The third kappa shape index (κ3) is 2.80. The molecule has 16 heavy (non-hydrogen) atoms. The van der Waals surface area contributed by atoms with E-state index in [9.17, 15) is 4.79 Å². The lowest BCUT2D eigenvalue weighted by atomic mass is 10.0. The fourth-order valence-electron chi connectivity index (χ4n) is 1.67. The van der Waals surface area contributed by atoms with Gasteiger partial charge in [0.1, 0.15) is 0 Å². The zero-order chi connectivity index (χ0) is 11.2. The minimum atomic E-state index is 0.614. The fourth-order valence-corrected chi connectivity index (χ4v) is 1.67. The van der Waals surface area contributed by atoms with Gasteiger partial charge in [-0.1, -0.05) is 54.6 Å². The third-order valence-electron chi connectivity index (χ3n) is 2.62. The van der Waals surface area contributed by atoms with Crippen molar-refractivity contribution in [3.63, 3.8) is 0 Å². The van der Waals surface area contributed by atoms with Gasteiger partial charge >= 0.3 is 0 Å². The van der Waals surface area contributed by atoms with Crippen LogP contribution in [0.1, 0.15) is 16.7 Å². The molecule has 2 aromatic carbocycles. The monoisotopic (exact) mass is 209 g/mol. The molecule has 0 aliphatic rings. The van der Waals surface area contributed by atoms with Crippen LogP contribution < -0.4 is 0 Å². The van der Waals surface area contributed by atoms with Crippen molar-refractivity contribution in [2.75, 3.05) is 0 Å². The molecule has 2 aromatic rings. The number of carbonyl (C=O) groups excluding carboxylic acids is 1. The summed E-state index contributed by atoms with van der Waals surface area (Å²) in [6.07, 6.45) is 3.91. The number of benzene rings is 2. The van der Waals surface area contributed by atoms with Crippen LogP contribution in [0.4, 0.5) is 0 Å². The molecule has 0 heterocycles. The van der Waals surface area contributed by atoms with Crippen molar-refractivity contribution in [1.82, 2.24) is 0 Å². The summed E-state index contributed by atoms with van der Waals surface area (Å²) < 4.78 is 0. The third-order valence-corrected chi connectivity index (χ3v) is 2.62. The first-order valence-electron chi connectivity index (χ1n) is 5.39. The van der Waals surface area contributed by atoms with Gasteiger partial charge in [0, 0.05) is 5.56 Å². The Hall–Kier alpha value is -1.89. The van der Waals surface area contributed by atoms with E-state index >= 15 is 0 Å². The molecule has 0 bridgehead atoms. The quantitative estimate of drug-likeness (QED) is 0.756. The van der Waals surface area contributed by atoms with E-state index < -0.39 is 0 Å². The van der Waals surface area contributed by atoms with E-state index in [0.29, 0.717) is 5.56 Å². The van der Waals surface area contributed by atoms with Gasteiger partial charge in [-0.25, -0.2) is 0 Å². The van der Waals surface area contributed by atoms with Gasteiger partial charge in [0.25, 0.3) is 0 Å². The van der Waals surface area contributed by atoms with Gasteiger partial charge in [0.2, 0.25) is 6.29 Å². The van der Waals surface area contributed by atoms with Crippen LogP contribution in [0.5, 0.6) is 0 Å². The SMILES string of the molecule is O=[C]c1ccc(CCc2ccccc2)cc1. The van der Waals surface area contributed by atoms with Gasteiger partial charge in [-0.3, -0.25) is 4.79 Å². The van der Waals surface area contributed by atoms with E-state index in [0.717, 1.165) is 12.8 Å². The molecule has 0 fully saturated rings. The summed E-state index contributed by atoms with van der Waals surface area (Å²) >= 11 is 0. The molecule has 0 amide bonds. The topological polar surface area (TPSA) is 17.1 Å². The molecule has 1 radical (unpaired) electrons. The Labute approximate surface area is 95.7 Å². The molecule has 2 rings (SSSR count). The number of hydrogen-bond acceptors (Lipinski definition) is 1. The van der Waals surface area contributed by atoms with Crippen LogP contribution in [-0.2, 0) is 17.6 Å². The Balaban J connectivity index is 1.97. The smallest absolute Gasteiger partial charge is 0.233 e. The highest BCUT2D eigenvalue weighted by Crippen LogP contribution is 2.08. The average Bonchev–Trinajstić information content (AvgIpc) is 2.38. The predicted octanol–water partition coefficient (Wildman–Crippen LogP) is 2.93. The molecular formula is C15H13O. The summed E-state index contributed by atoms with van der Waals surface area (Å²) in [5.41, 5.74) is 3.21. The second-order valence-corrected chi connectivity index (χ2v) is 3.78. The van der Waals surface area contributed by atoms with E-state index in [2.05, 4.69) is 24.3 Å². The Bertz CT molecular complexity index is 443. The van der Waals surface area contributed by atoms with E-state index in [1.54, 1.807) is 0 Å². The summed E-state index contributed by atoms with van der Waals surface area (Å²) in [6.45, 7) is 0. The van der Waals surface area contributed by atoms with E-state index in [1.807, 2.05) is 36.6 Å². The van der Waals surface area contributed by atoms with Crippen molar-refractivity contribution < 1.29 is 4.79 Å². The lowest BCUT2D eigenvalue weighted by Gasteiger charge is -2.01. The first-order valence-corrected chi connectivity index (χ1v) is 5.39. The Morgan fingerprint density at radius 3 is 1.88 bits per heavy atom. The largest absolute Gasteiger partial charge is 0.285 e. The Morgan fingerprint density at radius 1 is 0.750 bits per heavy atom. The Morgan fingerprint density at radius 2 is 1.31 bits per heavy atom. The van der Waals surface area contributed by atoms with E-state index in [4.69, 9.17) is 0 Å². The number of aryl methyl sites for hydroxylation is 2. The highest BCUT2D eigenvalue weighted by molar-refractivity contribution is 5.75. The van der Waals surface area contributed by atoms with Crippen molar-refractivity contribution in [3.8, 4) is 0 Å². The molecule has 0 atom stereocenters. The minimum absolute atomic E-state index is 0.614. The molecule has 0 saturated carbocycles. The lowest BCUT2D eigenvalue weighted by molar-refractivity contribution is 0.563. The molecule has 0 aromatic heterocycles. The highest BCUT2D eigenvalue weighted by atomic mass is 16.1. The summed E-state index contributed by atoms with van der Waals surface area (Å²) in [6, 6.07) is 18.0. The molecule has 0 unspecified atom stereocenters. The number of hydrogen-bond donors (Lipinski definition) is 0. The molecule has 0 saturated heterocycles. The standard InChI is InChI=1S/C15H13O/c16-12-15-10-8-14(9-11-15)7-6-13-4-2-1-3-5-13/h1-5,8-11H,6-7H2. The van der Waals surface area contributed by atoms with Crippen LogP contribution in [0.25, 0.3) is 0 Å².